The van der Waals surface area contributed by atoms with Crippen molar-refractivity contribution < 1.29 is 18.8 Å². The van der Waals surface area contributed by atoms with Crippen molar-refractivity contribution in [3.05, 3.63) is 58.8 Å². The highest BCUT2D eigenvalue weighted by Crippen LogP contribution is 2.48. The number of nitrogens with two attached hydrogens (primary N) is 1. The average Bonchev–Trinajstić information content (AvgIpc) is 3.30. The molecule has 176 valence electrons. The number of hydrogen-bond donors (Lipinski definition) is 1. The van der Waals surface area contributed by atoms with E-state index in [1.165, 1.54) is 23.1 Å². The Hall–Kier alpha value is -3.33. The molecule has 0 bridgehead atoms. The smallest absolute Gasteiger partial charge is 0.269 e. The summed E-state index contributed by atoms with van der Waals surface area (Å²) >= 11 is 5.90. The van der Waals surface area contributed by atoms with Crippen molar-refractivity contribution in [2.24, 2.45) is 11.7 Å². The maximum Gasteiger partial charge on any atom is 0.269 e. The number of ketones is 1. The third-order valence-electron chi connectivity index (χ3n) is 6.86. The molecule has 10 heteroatoms. The fourth-order valence-electron chi connectivity index (χ4n) is 5.08. The molecule has 2 amide bonds. The van der Waals surface area contributed by atoms with Gasteiger partial charge < -0.3 is 10.6 Å². The third-order valence-corrected chi connectivity index (χ3v) is 7.15. The summed E-state index contributed by atoms with van der Waals surface area (Å²) in [5.74, 6) is -1.64. The second-order valence-electron chi connectivity index (χ2n) is 9.09. The number of hydrogen-bond acceptors (Lipinski definition) is 5. The van der Waals surface area contributed by atoms with Crippen LogP contribution in [0.25, 0.3) is 10.9 Å². The predicted octanol–water partition coefficient (Wildman–Crippen LogP) is 3.08. The number of primary amides is 1. The number of likely N-dealkylation sites (tertiary alicyclic amines) is 1. The van der Waals surface area contributed by atoms with Crippen LogP contribution in [0.4, 0.5) is 4.39 Å². The fourth-order valence-corrected chi connectivity index (χ4v) is 5.27. The lowest BCUT2D eigenvalue weighted by Gasteiger charge is -2.28. The molecule has 0 radical (unpaired) electrons. The number of nitrogens with zero attached hydrogens (tertiary/aromatic N) is 4. The van der Waals surface area contributed by atoms with Gasteiger partial charge >= 0.3 is 0 Å². The molecule has 2 aliphatic rings. The first-order valence-electron chi connectivity index (χ1n) is 11.1. The van der Waals surface area contributed by atoms with E-state index in [0.717, 1.165) is 6.42 Å². The lowest BCUT2D eigenvalue weighted by Crippen LogP contribution is -2.45. The molecular weight excluding hydrogens is 461 g/mol. The van der Waals surface area contributed by atoms with Gasteiger partial charge in [0.1, 0.15) is 12.4 Å². The molecule has 1 saturated carbocycles. The minimum absolute atomic E-state index is 0.0204. The first kappa shape index (κ1) is 22.5. The zero-order chi connectivity index (χ0) is 24.1. The van der Waals surface area contributed by atoms with Gasteiger partial charge in [-0.05, 0) is 42.4 Å². The van der Waals surface area contributed by atoms with Crippen LogP contribution in [0, 0.1) is 11.7 Å². The maximum atomic E-state index is 14.4. The summed E-state index contributed by atoms with van der Waals surface area (Å²) in [6.07, 6.45) is 4.62. The first-order chi connectivity index (χ1) is 16.3. The number of carbonyl (C=O) groups is 3. The van der Waals surface area contributed by atoms with E-state index in [-0.39, 0.29) is 47.3 Å². The Labute approximate surface area is 199 Å². The zero-order valence-electron chi connectivity index (χ0n) is 18.4. The molecule has 0 unspecified atom stereocenters. The summed E-state index contributed by atoms with van der Waals surface area (Å²) in [7, 11) is 0. The first-order valence-corrected chi connectivity index (χ1v) is 11.5. The molecule has 0 spiro atoms. The van der Waals surface area contributed by atoms with E-state index in [9.17, 15) is 18.8 Å². The van der Waals surface area contributed by atoms with Crippen molar-refractivity contribution in [1.29, 1.82) is 0 Å². The highest BCUT2D eigenvalue weighted by molar-refractivity contribution is 6.30. The molecule has 1 saturated heterocycles. The number of Topliss-reactive ketones (excluding diaryl/α,β-unsaturated/α-hetero) is 1. The molecule has 2 aromatic heterocycles. The standard InChI is InChI=1S/C24H23ClFN5O3/c1-12(14-3-2-4-16(25)22(14)26)7-20(32)18-9-13-8-17(13)31(18)21(33)11-30-19-10-28-6-5-15(19)23(29-30)24(27)34/h2-6,10,12-13,17-18H,7-9,11H2,1H3,(H2,27,34)/t12-,13-,17-,18+/m1/s1. The van der Waals surface area contributed by atoms with Crippen LogP contribution in [0.2, 0.25) is 5.02 Å². The van der Waals surface area contributed by atoms with E-state index in [2.05, 4.69) is 10.1 Å². The Kier molecular flexibility index (Phi) is 5.59. The van der Waals surface area contributed by atoms with E-state index >= 15 is 0 Å². The number of amides is 2. The number of carbonyl (C=O) groups excluding carboxylic acids is 3. The molecule has 8 nitrogen and oxygen atoms in total. The van der Waals surface area contributed by atoms with Crippen molar-refractivity contribution in [2.45, 2.75) is 50.7 Å². The Morgan fingerprint density at radius 2 is 2.06 bits per heavy atom. The summed E-state index contributed by atoms with van der Waals surface area (Å²) < 4.78 is 15.8. The van der Waals surface area contributed by atoms with Crippen LogP contribution in [-0.2, 0) is 16.1 Å². The van der Waals surface area contributed by atoms with Crippen LogP contribution < -0.4 is 5.73 Å². The predicted molar refractivity (Wildman–Crippen MR) is 123 cm³/mol. The van der Waals surface area contributed by atoms with Gasteiger partial charge in [-0.3, -0.25) is 24.0 Å². The van der Waals surface area contributed by atoms with Crippen LogP contribution in [0.1, 0.15) is 48.2 Å². The molecule has 2 N–H and O–H groups in total. The zero-order valence-corrected chi connectivity index (χ0v) is 19.2. The Bertz CT molecular complexity index is 1330. The van der Waals surface area contributed by atoms with Crippen molar-refractivity contribution in [3.63, 3.8) is 0 Å². The van der Waals surface area contributed by atoms with Crippen LogP contribution in [0.15, 0.2) is 36.7 Å². The molecule has 1 aliphatic carbocycles. The number of fused-ring (bicyclic) bond motifs is 2. The minimum atomic E-state index is -0.693. The molecule has 1 aromatic carbocycles. The monoisotopic (exact) mass is 483 g/mol. The summed E-state index contributed by atoms with van der Waals surface area (Å²) in [6, 6.07) is 5.84. The number of benzene rings is 1. The van der Waals surface area contributed by atoms with Gasteiger partial charge in [0.2, 0.25) is 5.91 Å². The Morgan fingerprint density at radius 1 is 1.26 bits per heavy atom. The molecule has 3 heterocycles. The molecule has 1 aliphatic heterocycles. The van der Waals surface area contributed by atoms with Crippen molar-refractivity contribution in [1.82, 2.24) is 19.7 Å². The number of rotatable bonds is 7. The van der Waals surface area contributed by atoms with Crippen LogP contribution in [-0.4, -0.2) is 49.3 Å². The van der Waals surface area contributed by atoms with Gasteiger partial charge in [0.05, 0.1) is 22.8 Å². The highest BCUT2D eigenvalue weighted by atomic mass is 35.5. The van der Waals surface area contributed by atoms with Gasteiger partial charge in [-0.25, -0.2) is 4.39 Å². The molecular formula is C24H23ClFN5O3. The number of pyridine rings is 1. The van der Waals surface area contributed by atoms with E-state index in [1.807, 2.05) is 0 Å². The van der Waals surface area contributed by atoms with E-state index < -0.39 is 17.8 Å². The third kappa shape index (κ3) is 3.83. The lowest BCUT2D eigenvalue weighted by molar-refractivity contribution is -0.139. The highest BCUT2D eigenvalue weighted by Gasteiger charge is 2.55. The van der Waals surface area contributed by atoms with Gasteiger partial charge in [-0.1, -0.05) is 30.7 Å². The van der Waals surface area contributed by atoms with E-state index in [0.29, 0.717) is 28.8 Å². The molecule has 2 fully saturated rings. The van der Waals surface area contributed by atoms with Gasteiger partial charge in [0.15, 0.2) is 11.5 Å². The van der Waals surface area contributed by atoms with Gasteiger partial charge in [0, 0.05) is 24.0 Å². The van der Waals surface area contributed by atoms with Crippen LogP contribution >= 0.6 is 11.6 Å². The number of halogens is 2. The Morgan fingerprint density at radius 3 is 2.82 bits per heavy atom. The molecule has 3 aromatic rings. The summed E-state index contributed by atoms with van der Waals surface area (Å²) in [4.78, 5) is 44.1. The lowest BCUT2D eigenvalue weighted by atomic mass is 9.91. The summed E-state index contributed by atoms with van der Waals surface area (Å²) in [5, 5.41) is 4.77. The van der Waals surface area contributed by atoms with Gasteiger partial charge in [-0.2, -0.15) is 5.10 Å². The SMILES string of the molecule is C[C@H](CC(=O)[C@@H]1C[C@H]2C[C@H]2N1C(=O)Cn1nc(C(N)=O)c2ccncc21)c1cccc(Cl)c1F. The molecule has 4 atom stereocenters. The van der Waals surface area contributed by atoms with Crippen LogP contribution in [0.5, 0.6) is 0 Å². The van der Waals surface area contributed by atoms with Crippen LogP contribution in [0.3, 0.4) is 0 Å². The van der Waals surface area contributed by atoms with Crippen molar-refractivity contribution >= 4 is 40.1 Å². The molecule has 34 heavy (non-hydrogen) atoms. The number of piperidine rings is 1. The second-order valence-corrected chi connectivity index (χ2v) is 9.50. The summed E-state index contributed by atoms with van der Waals surface area (Å²) in [5.41, 5.74) is 6.41. The summed E-state index contributed by atoms with van der Waals surface area (Å²) in [6.45, 7) is 1.64. The minimum Gasteiger partial charge on any atom is -0.364 e. The quantitative estimate of drug-likeness (QED) is 0.555. The van der Waals surface area contributed by atoms with Gasteiger partial charge in [0.25, 0.3) is 5.91 Å². The van der Waals surface area contributed by atoms with Crippen molar-refractivity contribution in [2.75, 3.05) is 0 Å². The normalized spacial score (nSPS) is 22.0. The second kappa shape index (κ2) is 8.47. The van der Waals surface area contributed by atoms with Gasteiger partial charge in [-0.15, -0.1) is 0 Å². The van der Waals surface area contributed by atoms with Crippen molar-refractivity contribution in [3.8, 4) is 0 Å². The number of aromatic nitrogens is 3. The maximum absolute atomic E-state index is 14.4. The topological polar surface area (TPSA) is 111 Å². The van der Waals surface area contributed by atoms with E-state index in [1.54, 1.807) is 30.0 Å². The van der Waals surface area contributed by atoms with E-state index in [4.69, 9.17) is 17.3 Å². The largest absolute Gasteiger partial charge is 0.364 e. The fraction of sp³-hybridized carbons (Fsp3) is 0.375. The average molecular weight is 484 g/mol. The Balaban J connectivity index is 1.35. The molecule has 5 rings (SSSR count).